The molecule has 0 aliphatic heterocycles. The maximum atomic E-state index is 11.8. The number of aromatic nitrogens is 1. The molecule has 1 aromatic carbocycles. The van der Waals surface area contributed by atoms with Crippen LogP contribution in [0.15, 0.2) is 48.8 Å². The maximum Gasteiger partial charge on any atom is 0.315 e. The number of carbonyl (C=O) groups excluding carboxylic acids is 1. The van der Waals surface area contributed by atoms with E-state index in [9.17, 15) is 4.79 Å². The van der Waals surface area contributed by atoms with Crippen molar-refractivity contribution in [3.8, 4) is 6.07 Å². The van der Waals surface area contributed by atoms with E-state index in [0.717, 1.165) is 11.1 Å². The minimum atomic E-state index is -0.240. The molecule has 2 aromatic rings. The fourth-order valence-electron chi connectivity index (χ4n) is 1.86. The predicted octanol–water partition coefficient (Wildman–Crippen LogP) is 2.51. The van der Waals surface area contributed by atoms with Gasteiger partial charge in [-0.1, -0.05) is 18.2 Å². The monoisotopic (exact) mass is 280 g/mol. The number of urea groups is 1. The number of hydrogen-bond donors (Lipinski definition) is 2. The number of carbonyl (C=O) groups is 1. The number of pyridine rings is 1. The average molecular weight is 280 g/mol. The van der Waals surface area contributed by atoms with Crippen LogP contribution in [0.5, 0.6) is 0 Å². The Morgan fingerprint density at radius 2 is 2.10 bits per heavy atom. The molecular formula is C16H16N4O. The van der Waals surface area contributed by atoms with E-state index in [1.165, 1.54) is 0 Å². The molecule has 1 aromatic heterocycles. The highest BCUT2D eigenvalue weighted by Crippen LogP contribution is 2.12. The van der Waals surface area contributed by atoms with Crippen LogP contribution in [0.25, 0.3) is 0 Å². The van der Waals surface area contributed by atoms with Gasteiger partial charge in [-0.05, 0) is 36.2 Å². The third-order valence-corrected chi connectivity index (χ3v) is 3.06. The van der Waals surface area contributed by atoms with Crippen LogP contribution in [0.3, 0.4) is 0 Å². The van der Waals surface area contributed by atoms with E-state index in [1.807, 2.05) is 31.2 Å². The number of amides is 2. The third kappa shape index (κ3) is 4.32. The third-order valence-electron chi connectivity index (χ3n) is 3.06. The summed E-state index contributed by atoms with van der Waals surface area (Å²) < 4.78 is 0. The molecule has 2 rings (SSSR count). The first kappa shape index (κ1) is 14.5. The average Bonchev–Trinajstić information content (AvgIpc) is 2.54. The SMILES string of the molecule is CC(NC(=O)NCc1cccnc1)c1ccc(C#N)cc1. The molecule has 0 saturated carbocycles. The molecular weight excluding hydrogens is 264 g/mol. The molecule has 1 heterocycles. The quantitative estimate of drug-likeness (QED) is 0.903. The van der Waals surface area contributed by atoms with E-state index in [-0.39, 0.29) is 12.1 Å². The smallest absolute Gasteiger partial charge is 0.315 e. The molecule has 5 heteroatoms. The van der Waals surface area contributed by atoms with Crippen molar-refractivity contribution in [1.29, 1.82) is 5.26 Å². The number of nitriles is 1. The molecule has 0 radical (unpaired) electrons. The van der Waals surface area contributed by atoms with Gasteiger partial charge >= 0.3 is 6.03 Å². The number of nitrogens with one attached hydrogen (secondary N) is 2. The van der Waals surface area contributed by atoms with Crippen molar-refractivity contribution in [2.75, 3.05) is 0 Å². The lowest BCUT2D eigenvalue weighted by Gasteiger charge is -2.15. The van der Waals surface area contributed by atoms with Crippen molar-refractivity contribution >= 4 is 6.03 Å². The fourth-order valence-corrected chi connectivity index (χ4v) is 1.86. The van der Waals surface area contributed by atoms with Gasteiger partial charge in [-0.3, -0.25) is 4.98 Å². The Labute approximate surface area is 123 Å². The molecule has 21 heavy (non-hydrogen) atoms. The highest BCUT2D eigenvalue weighted by Gasteiger charge is 2.09. The Bertz CT molecular complexity index is 632. The lowest BCUT2D eigenvalue weighted by molar-refractivity contribution is 0.237. The van der Waals surface area contributed by atoms with Crippen LogP contribution >= 0.6 is 0 Å². The van der Waals surface area contributed by atoms with E-state index in [4.69, 9.17) is 5.26 Å². The second-order valence-electron chi connectivity index (χ2n) is 4.64. The van der Waals surface area contributed by atoms with Gasteiger partial charge in [0.15, 0.2) is 0 Å². The van der Waals surface area contributed by atoms with Crippen LogP contribution in [0, 0.1) is 11.3 Å². The summed E-state index contributed by atoms with van der Waals surface area (Å²) in [6.45, 7) is 2.32. The zero-order chi connectivity index (χ0) is 15.1. The van der Waals surface area contributed by atoms with Gasteiger partial charge in [0.05, 0.1) is 17.7 Å². The minimum Gasteiger partial charge on any atom is -0.334 e. The van der Waals surface area contributed by atoms with Gasteiger partial charge in [-0.25, -0.2) is 4.79 Å². The predicted molar refractivity (Wildman–Crippen MR) is 79.2 cm³/mol. The molecule has 5 nitrogen and oxygen atoms in total. The Morgan fingerprint density at radius 3 is 2.71 bits per heavy atom. The summed E-state index contributed by atoms with van der Waals surface area (Å²) in [4.78, 5) is 15.8. The lowest BCUT2D eigenvalue weighted by Crippen LogP contribution is -2.36. The van der Waals surface area contributed by atoms with Gasteiger partial charge in [0, 0.05) is 18.9 Å². The van der Waals surface area contributed by atoms with Gasteiger partial charge in [0.2, 0.25) is 0 Å². The first-order valence-corrected chi connectivity index (χ1v) is 6.62. The van der Waals surface area contributed by atoms with Crippen LogP contribution in [0.2, 0.25) is 0 Å². The van der Waals surface area contributed by atoms with Crippen molar-refractivity contribution in [1.82, 2.24) is 15.6 Å². The summed E-state index contributed by atoms with van der Waals surface area (Å²) in [6, 6.07) is 12.6. The van der Waals surface area contributed by atoms with Gasteiger partial charge in [-0.15, -0.1) is 0 Å². The van der Waals surface area contributed by atoms with Gasteiger partial charge < -0.3 is 10.6 Å². The molecule has 106 valence electrons. The Morgan fingerprint density at radius 1 is 1.33 bits per heavy atom. The molecule has 0 bridgehead atoms. The normalized spacial score (nSPS) is 11.2. The largest absolute Gasteiger partial charge is 0.334 e. The van der Waals surface area contributed by atoms with E-state index >= 15 is 0 Å². The highest BCUT2D eigenvalue weighted by molar-refractivity contribution is 5.74. The number of hydrogen-bond acceptors (Lipinski definition) is 3. The van der Waals surface area contributed by atoms with Gasteiger partial charge in [0.25, 0.3) is 0 Å². The summed E-state index contributed by atoms with van der Waals surface area (Å²) in [7, 11) is 0. The minimum absolute atomic E-state index is 0.133. The van der Waals surface area contributed by atoms with Crippen molar-refractivity contribution in [3.63, 3.8) is 0 Å². The number of benzene rings is 1. The standard InChI is InChI=1S/C16H16N4O/c1-12(15-6-4-13(9-17)5-7-15)20-16(21)19-11-14-3-2-8-18-10-14/h2-8,10,12H,11H2,1H3,(H2,19,20,21). The van der Waals surface area contributed by atoms with E-state index in [1.54, 1.807) is 24.5 Å². The summed E-state index contributed by atoms with van der Waals surface area (Å²) in [6.07, 6.45) is 3.40. The van der Waals surface area contributed by atoms with Crippen molar-refractivity contribution < 1.29 is 4.79 Å². The highest BCUT2D eigenvalue weighted by atomic mass is 16.2. The van der Waals surface area contributed by atoms with Crippen LogP contribution < -0.4 is 10.6 Å². The Hall–Kier alpha value is -2.87. The lowest BCUT2D eigenvalue weighted by atomic mass is 10.1. The maximum absolute atomic E-state index is 11.8. The number of nitrogens with zero attached hydrogens (tertiary/aromatic N) is 2. The molecule has 1 unspecified atom stereocenters. The Kier molecular flexibility index (Phi) is 4.89. The first-order valence-electron chi connectivity index (χ1n) is 6.62. The van der Waals surface area contributed by atoms with Crippen molar-refractivity contribution in [2.45, 2.75) is 19.5 Å². The Balaban J connectivity index is 1.85. The summed E-state index contributed by atoms with van der Waals surface area (Å²) in [5, 5.41) is 14.4. The zero-order valence-corrected chi connectivity index (χ0v) is 11.7. The van der Waals surface area contributed by atoms with E-state index < -0.39 is 0 Å². The summed E-state index contributed by atoms with van der Waals surface area (Å²) >= 11 is 0. The van der Waals surface area contributed by atoms with Crippen LogP contribution in [0.1, 0.15) is 29.7 Å². The number of rotatable bonds is 4. The van der Waals surface area contributed by atoms with E-state index in [2.05, 4.69) is 21.7 Å². The van der Waals surface area contributed by atoms with Crippen molar-refractivity contribution in [3.05, 3.63) is 65.5 Å². The molecule has 2 N–H and O–H groups in total. The molecule has 0 spiro atoms. The van der Waals surface area contributed by atoms with Crippen LogP contribution in [0.4, 0.5) is 4.79 Å². The molecule has 2 amide bonds. The topological polar surface area (TPSA) is 77.8 Å². The second kappa shape index (κ2) is 7.06. The molecule has 0 aliphatic rings. The molecule has 0 saturated heterocycles. The van der Waals surface area contributed by atoms with Gasteiger partial charge in [-0.2, -0.15) is 5.26 Å². The van der Waals surface area contributed by atoms with Crippen molar-refractivity contribution in [2.24, 2.45) is 0 Å². The second-order valence-corrected chi connectivity index (χ2v) is 4.64. The van der Waals surface area contributed by atoms with Crippen LogP contribution in [-0.2, 0) is 6.54 Å². The van der Waals surface area contributed by atoms with Crippen LogP contribution in [-0.4, -0.2) is 11.0 Å². The summed E-state index contributed by atoms with van der Waals surface area (Å²) in [5.74, 6) is 0. The molecule has 0 aliphatic carbocycles. The van der Waals surface area contributed by atoms with E-state index in [0.29, 0.717) is 12.1 Å². The molecule has 1 atom stereocenters. The zero-order valence-electron chi connectivity index (χ0n) is 11.7. The van der Waals surface area contributed by atoms with Gasteiger partial charge in [0.1, 0.15) is 0 Å². The summed E-state index contributed by atoms with van der Waals surface area (Å²) in [5.41, 5.74) is 2.50. The fraction of sp³-hybridized carbons (Fsp3) is 0.188. The first-order chi connectivity index (χ1) is 10.2. The molecule has 0 fully saturated rings.